The highest BCUT2D eigenvalue weighted by Gasteiger charge is 2.29. The maximum Gasteiger partial charge on any atom is 0.156 e. The summed E-state index contributed by atoms with van der Waals surface area (Å²) in [6.45, 7) is 7.61. The first-order valence-electron chi connectivity index (χ1n) is 6.93. The van der Waals surface area contributed by atoms with Gasteiger partial charge in [0.2, 0.25) is 0 Å². The molecule has 1 aliphatic rings. The van der Waals surface area contributed by atoms with Crippen LogP contribution in [0.25, 0.3) is 0 Å². The zero-order chi connectivity index (χ0) is 14.8. The monoisotopic (exact) mass is 361 g/mol. The molecule has 0 radical (unpaired) electrons. The van der Waals surface area contributed by atoms with E-state index in [0.29, 0.717) is 17.7 Å². The molecular formula is C15H21BrClNO2. The SMILES string of the molecule is CCOc1c(Br)cc(Cl)cc1NC1CCOC(C)(C)C1. The standard InChI is InChI=1S/C15H21BrClNO2/c1-4-19-14-12(16)7-10(17)8-13(14)18-11-5-6-20-15(2,3)9-11/h7-8,11,18H,4-6,9H2,1-3H3. The van der Waals surface area contributed by atoms with Gasteiger partial charge in [0.25, 0.3) is 0 Å². The molecule has 0 aromatic heterocycles. The summed E-state index contributed by atoms with van der Waals surface area (Å²) < 4.78 is 12.3. The van der Waals surface area contributed by atoms with Gasteiger partial charge < -0.3 is 14.8 Å². The smallest absolute Gasteiger partial charge is 0.156 e. The van der Waals surface area contributed by atoms with Crippen molar-refractivity contribution in [1.82, 2.24) is 0 Å². The van der Waals surface area contributed by atoms with Gasteiger partial charge in [-0.3, -0.25) is 0 Å². The van der Waals surface area contributed by atoms with Crippen molar-refractivity contribution in [1.29, 1.82) is 0 Å². The van der Waals surface area contributed by atoms with Crippen LogP contribution in [0.5, 0.6) is 5.75 Å². The molecular weight excluding hydrogens is 342 g/mol. The molecule has 20 heavy (non-hydrogen) atoms. The van der Waals surface area contributed by atoms with Gasteiger partial charge in [0.05, 0.1) is 22.4 Å². The average Bonchev–Trinajstić information content (AvgIpc) is 2.32. The predicted octanol–water partition coefficient (Wildman–Crippen LogP) is 4.87. The van der Waals surface area contributed by atoms with Gasteiger partial charge in [0.15, 0.2) is 5.75 Å². The molecule has 1 atom stereocenters. The van der Waals surface area contributed by atoms with Gasteiger partial charge in [-0.25, -0.2) is 0 Å². The Hall–Kier alpha value is -0.450. The van der Waals surface area contributed by atoms with Gasteiger partial charge in [-0.2, -0.15) is 0 Å². The first-order chi connectivity index (χ1) is 9.41. The van der Waals surface area contributed by atoms with Gasteiger partial charge in [0.1, 0.15) is 0 Å². The lowest BCUT2D eigenvalue weighted by Crippen LogP contribution is -2.40. The third-order valence-electron chi connectivity index (χ3n) is 3.35. The van der Waals surface area contributed by atoms with E-state index < -0.39 is 0 Å². The van der Waals surface area contributed by atoms with Gasteiger partial charge in [-0.05, 0) is 61.7 Å². The summed E-state index contributed by atoms with van der Waals surface area (Å²) in [6, 6.07) is 4.13. The zero-order valence-corrected chi connectivity index (χ0v) is 14.5. The second-order valence-corrected chi connectivity index (χ2v) is 6.93. The molecule has 1 N–H and O–H groups in total. The molecule has 1 saturated heterocycles. The Morgan fingerprint density at radius 3 is 2.90 bits per heavy atom. The van der Waals surface area contributed by atoms with Crippen LogP contribution in [0, 0.1) is 0 Å². The summed E-state index contributed by atoms with van der Waals surface area (Å²) in [5, 5.41) is 4.24. The topological polar surface area (TPSA) is 30.5 Å². The van der Waals surface area contributed by atoms with Crippen LogP contribution in [0.1, 0.15) is 33.6 Å². The Bertz CT molecular complexity index is 479. The van der Waals surface area contributed by atoms with Crippen molar-refractivity contribution in [2.75, 3.05) is 18.5 Å². The van der Waals surface area contributed by atoms with Crippen molar-refractivity contribution in [3.63, 3.8) is 0 Å². The number of halogens is 2. The van der Waals surface area contributed by atoms with Crippen molar-refractivity contribution in [3.05, 3.63) is 21.6 Å². The molecule has 2 rings (SSSR count). The number of benzene rings is 1. The van der Waals surface area contributed by atoms with Crippen molar-refractivity contribution in [2.24, 2.45) is 0 Å². The minimum absolute atomic E-state index is 0.0858. The third kappa shape index (κ3) is 4.03. The van der Waals surface area contributed by atoms with Gasteiger partial charge in [-0.1, -0.05) is 11.6 Å². The predicted molar refractivity (Wildman–Crippen MR) is 87.0 cm³/mol. The number of rotatable bonds is 4. The van der Waals surface area contributed by atoms with Crippen LogP contribution in [0.2, 0.25) is 5.02 Å². The molecule has 112 valence electrons. The number of nitrogens with one attached hydrogen (secondary N) is 1. The summed E-state index contributed by atoms with van der Waals surface area (Å²) in [5.74, 6) is 0.821. The van der Waals surface area contributed by atoms with Crippen molar-refractivity contribution in [3.8, 4) is 5.75 Å². The third-order valence-corrected chi connectivity index (χ3v) is 4.16. The molecule has 1 unspecified atom stereocenters. The molecule has 1 fully saturated rings. The lowest BCUT2D eigenvalue weighted by atomic mass is 9.94. The number of ether oxygens (including phenoxy) is 2. The van der Waals surface area contributed by atoms with Gasteiger partial charge >= 0.3 is 0 Å². The van der Waals surface area contributed by atoms with Crippen LogP contribution >= 0.6 is 27.5 Å². The fourth-order valence-corrected chi connectivity index (χ4v) is 3.46. The summed E-state index contributed by atoms with van der Waals surface area (Å²) in [6.07, 6.45) is 1.95. The molecule has 0 aliphatic carbocycles. The van der Waals surface area contributed by atoms with Gasteiger partial charge in [0, 0.05) is 17.7 Å². The van der Waals surface area contributed by atoms with E-state index in [2.05, 4.69) is 35.1 Å². The number of hydrogen-bond donors (Lipinski definition) is 1. The molecule has 1 aliphatic heterocycles. The fraction of sp³-hybridized carbons (Fsp3) is 0.600. The molecule has 1 heterocycles. The highest BCUT2D eigenvalue weighted by atomic mass is 79.9. The van der Waals surface area contributed by atoms with E-state index >= 15 is 0 Å². The Balaban J connectivity index is 2.19. The van der Waals surface area contributed by atoms with Crippen LogP contribution in [-0.2, 0) is 4.74 Å². The van der Waals surface area contributed by atoms with Crippen LogP contribution < -0.4 is 10.1 Å². The van der Waals surface area contributed by atoms with E-state index in [0.717, 1.165) is 35.4 Å². The summed E-state index contributed by atoms with van der Waals surface area (Å²) in [4.78, 5) is 0. The summed E-state index contributed by atoms with van der Waals surface area (Å²) in [7, 11) is 0. The lowest BCUT2D eigenvalue weighted by molar-refractivity contribution is -0.0553. The first-order valence-corrected chi connectivity index (χ1v) is 8.11. The minimum Gasteiger partial charge on any atom is -0.491 e. The van der Waals surface area contributed by atoms with Gasteiger partial charge in [-0.15, -0.1) is 0 Å². The number of hydrogen-bond acceptors (Lipinski definition) is 3. The molecule has 0 saturated carbocycles. The Kier molecular flexibility index (Phi) is 5.21. The molecule has 0 bridgehead atoms. The Labute approximate surface area is 134 Å². The Morgan fingerprint density at radius 2 is 2.25 bits per heavy atom. The molecule has 5 heteroatoms. The molecule has 1 aromatic carbocycles. The van der Waals surface area contributed by atoms with E-state index in [1.54, 1.807) is 0 Å². The van der Waals surface area contributed by atoms with Crippen molar-refractivity contribution >= 4 is 33.2 Å². The molecule has 3 nitrogen and oxygen atoms in total. The van der Waals surface area contributed by atoms with E-state index in [4.69, 9.17) is 21.1 Å². The largest absolute Gasteiger partial charge is 0.491 e. The summed E-state index contributed by atoms with van der Waals surface area (Å²) in [5.41, 5.74) is 0.853. The number of anilines is 1. The second kappa shape index (κ2) is 6.54. The highest BCUT2D eigenvalue weighted by molar-refractivity contribution is 9.10. The molecule has 0 spiro atoms. The van der Waals surface area contributed by atoms with Crippen LogP contribution in [-0.4, -0.2) is 24.9 Å². The maximum atomic E-state index is 6.15. The minimum atomic E-state index is -0.0858. The molecule has 0 amide bonds. The van der Waals surface area contributed by atoms with Crippen LogP contribution in [0.3, 0.4) is 0 Å². The van der Waals surface area contributed by atoms with E-state index in [1.807, 2.05) is 19.1 Å². The van der Waals surface area contributed by atoms with Crippen LogP contribution in [0.15, 0.2) is 16.6 Å². The maximum absolute atomic E-state index is 6.15. The van der Waals surface area contributed by atoms with Crippen LogP contribution in [0.4, 0.5) is 5.69 Å². The first kappa shape index (κ1) is 15.9. The molecule has 1 aromatic rings. The van der Waals surface area contributed by atoms with Crippen molar-refractivity contribution in [2.45, 2.75) is 45.3 Å². The van der Waals surface area contributed by atoms with E-state index in [1.165, 1.54) is 0 Å². The second-order valence-electron chi connectivity index (χ2n) is 5.64. The zero-order valence-electron chi connectivity index (χ0n) is 12.1. The van der Waals surface area contributed by atoms with Crippen molar-refractivity contribution < 1.29 is 9.47 Å². The van der Waals surface area contributed by atoms with E-state index in [9.17, 15) is 0 Å². The fourth-order valence-electron chi connectivity index (χ4n) is 2.53. The lowest BCUT2D eigenvalue weighted by Gasteiger charge is -2.36. The summed E-state index contributed by atoms with van der Waals surface area (Å²) >= 11 is 9.66. The average molecular weight is 363 g/mol. The quantitative estimate of drug-likeness (QED) is 0.829. The highest BCUT2D eigenvalue weighted by Crippen LogP contribution is 2.38. The normalized spacial score (nSPS) is 21.6. The Morgan fingerprint density at radius 1 is 1.50 bits per heavy atom. The van der Waals surface area contributed by atoms with E-state index in [-0.39, 0.29) is 5.60 Å².